The molecule has 4 fully saturated rings. The van der Waals surface area contributed by atoms with Crippen LogP contribution < -0.4 is 16.0 Å². The van der Waals surface area contributed by atoms with Gasteiger partial charge in [-0.1, -0.05) is 11.8 Å². The fourth-order valence-electron chi connectivity index (χ4n) is 9.72. The average Bonchev–Trinajstić information content (AvgIpc) is 4.06. The molecule has 1 saturated heterocycles. The molecule has 22 heteroatoms. The van der Waals surface area contributed by atoms with Gasteiger partial charge in [-0.3, -0.25) is 9.97 Å². The second-order valence-corrected chi connectivity index (χ2v) is 23.4. The molecule has 8 aromatic heterocycles. The fraction of sp³-hybridized carbons (Fsp3) is 0.458. The van der Waals surface area contributed by atoms with Crippen LogP contribution in [0, 0.1) is 33.6 Å². The Hall–Kier alpha value is -4.91. The highest BCUT2D eigenvalue weighted by atomic mass is 32.2. The number of aliphatic hydroxyl groups excluding tert-OH is 2. The Balaban J connectivity index is 0.000000152. The van der Waals surface area contributed by atoms with E-state index in [2.05, 4.69) is 35.9 Å². The van der Waals surface area contributed by atoms with Crippen molar-refractivity contribution in [2.75, 3.05) is 28.8 Å². The lowest BCUT2D eigenvalue weighted by Crippen LogP contribution is -2.35. The average molecular weight is 1040 g/mol. The zero-order valence-corrected chi connectivity index (χ0v) is 43.7. The Bertz CT molecular complexity index is 3170. The number of pyridine rings is 2. The summed E-state index contributed by atoms with van der Waals surface area (Å²) in [5, 5.41) is 40.5. The Morgan fingerprint density at radius 3 is 1.81 bits per heavy atom. The number of anilines is 3. The van der Waals surface area contributed by atoms with E-state index in [4.69, 9.17) is 39.4 Å². The molecular formula is C48H53N13O4S5. The first-order valence-corrected chi connectivity index (χ1v) is 28.0. The minimum atomic E-state index is -0.947. The molecule has 0 radical (unpaired) electrons. The van der Waals surface area contributed by atoms with Gasteiger partial charge >= 0.3 is 0 Å². The van der Waals surface area contributed by atoms with Crippen molar-refractivity contribution in [1.29, 1.82) is 0 Å². The molecule has 0 bridgehead atoms. The summed E-state index contributed by atoms with van der Waals surface area (Å²) in [6, 6.07) is 3.60. The van der Waals surface area contributed by atoms with Crippen molar-refractivity contribution in [3.8, 4) is 21.1 Å². The normalized spacial score (nSPS) is 24.8. The van der Waals surface area contributed by atoms with E-state index in [1.54, 1.807) is 46.4 Å². The van der Waals surface area contributed by atoms with Gasteiger partial charge in [-0.2, -0.15) is 4.98 Å². The Kier molecular flexibility index (Phi) is 13.0. The predicted molar refractivity (Wildman–Crippen MR) is 278 cm³/mol. The van der Waals surface area contributed by atoms with Crippen LogP contribution in [0.3, 0.4) is 0 Å². The van der Waals surface area contributed by atoms with E-state index >= 15 is 0 Å². The zero-order valence-electron chi connectivity index (χ0n) is 39.6. The quantitative estimate of drug-likeness (QED) is 0.0568. The van der Waals surface area contributed by atoms with Gasteiger partial charge in [0.1, 0.15) is 44.9 Å². The van der Waals surface area contributed by atoms with Crippen molar-refractivity contribution >= 4 is 95.1 Å². The Morgan fingerprint density at radius 1 is 0.657 bits per heavy atom. The summed E-state index contributed by atoms with van der Waals surface area (Å²) in [6.07, 6.45) is 11.1. The van der Waals surface area contributed by atoms with Crippen LogP contribution in [0.4, 0.5) is 17.6 Å². The lowest BCUT2D eigenvalue weighted by atomic mass is 10.1. The van der Waals surface area contributed by atoms with Gasteiger partial charge < -0.3 is 35.6 Å². The first kappa shape index (κ1) is 47.4. The molecule has 0 unspecified atom stereocenters. The molecule has 0 amide bonds. The molecule has 8 aromatic rings. The molecule has 12 rings (SSSR count). The number of aliphatic hydroxyl groups is 2. The molecule has 0 spiro atoms. The van der Waals surface area contributed by atoms with Crippen molar-refractivity contribution < 1.29 is 19.7 Å². The molecule has 0 aromatic carbocycles. The SMILES string of the molecule is CSc1nc(C)c(-c2nc3c(C)nccc3s2)c(N[C@@H]2C[C@H](c3nccs3)[C@H]3OC(C)(C)O[C@H]32)n1.Cc1nc(NCC2CC2)nc(N[C@@H]2C[C@H](c3nccs3)[C@@H](O)[C@H]2O)c1-c1nc2c(C)nccc2s1. The van der Waals surface area contributed by atoms with E-state index in [1.807, 2.05) is 83.1 Å². The second kappa shape index (κ2) is 19.3. The maximum Gasteiger partial charge on any atom is 0.224 e. The molecule has 5 N–H and O–H groups in total. The number of nitrogens with one attached hydrogen (secondary N) is 3. The number of ether oxygens (including phenoxy) is 2. The van der Waals surface area contributed by atoms with Gasteiger partial charge in [-0.25, -0.2) is 34.9 Å². The zero-order chi connectivity index (χ0) is 48.4. The third-order valence-electron chi connectivity index (χ3n) is 13.3. The maximum atomic E-state index is 10.9. The second-order valence-electron chi connectivity index (χ2n) is 18.7. The van der Waals surface area contributed by atoms with Gasteiger partial charge in [0.15, 0.2) is 10.9 Å². The number of fused-ring (bicyclic) bond motifs is 3. The third kappa shape index (κ3) is 9.37. The van der Waals surface area contributed by atoms with Gasteiger partial charge in [0.05, 0.1) is 77.6 Å². The highest BCUT2D eigenvalue weighted by Gasteiger charge is 2.55. The van der Waals surface area contributed by atoms with Gasteiger partial charge in [-0.05, 0) is 91.5 Å². The first-order valence-electron chi connectivity index (χ1n) is 23.3. The van der Waals surface area contributed by atoms with E-state index in [-0.39, 0.29) is 36.1 Å². The van der Waals surface area contributed by atoms with Crippen LogP contribution in [0.1, 0.15) is 84.2 Å². The van der Waals surface area contributed by atoms with E-state index in [0.29, 0.717) is 24.1 Å². The molecule has 17 nitrogen and oxygen atoms in total. The number of aromatic nitrogens is 10. The monoisotopic (exact) mass is 1040 g/mol. The summed E-state index contributed by atoms with van der Waals surface area (Å²) >= 11 is 7.91. The number of nitrogens with zero attached hydrogens (tertiary/aromatic N) is 10. The number of hydrogen-bond acceptors (Lipinski definition) is 22. The number of hydrogen-bond donors (Lipinski definition) is 5. The summed E-state index contributed by atoms with van der Waals surface area (Å²) in [5.74, 6) is 1.93. The van der Waals surface area contributed by atoms with Crippen LogP contribution in [0.25, 0.3) is 41.6 Å². The summed E-state index contributed by atoms with van der Waals surface area (Å²) in [5.41, 5.74) is 7.02. The van der Waals surface area contributed by atoms with Crippen LogP contribution in [0.2, 0.25) is 0 Å². The molecule has 8 atom stereocenters. The number of rotatable bonds is 12. The first-order chi connectivity index (χ1) is 33.8. The van der Waals surface area contributed by atoms with Crippen LogP contribution in [0.15, 0.2) is 52.8 Å². The summed E-state index contributed by atoms with van der Waals surface area (Å²) < 4.78 is 14.9. The lowest BCUT2D eigenvalue weighted by Gasteiger charge is -2.24. The van der Waals surface area contributed by atoms with Gasteiger partial charge in [0.25, 0.3) is 0 Å². The van der Waals surface area contributed by atoms with E-state index in [9.17, 15) is 10.2 Å². The lowest BCUT2D eigenvalue weighted by molar-refractivity contribution is -0.153. The van der Waals surface area contributed by atoms with E-state index < -0.39 is 18.0 Å². The van der Waals surface area contributed by atoms with Gasteiger partial charge in [0, 0.05) is 53.9 Å². The molecule has 4 aliphatic rings. The Labute approximate surface area is 424 Å². The molecule has 3 aliphatic carbocycles. The minimum absolute atomic E-state index is 0.0104. The van der Waals surface area contributed by atoms with Crippen molar-refractivity contribution in [2.45, 2.75) is 127 Å². The summed E-state index contributed by atoms with van der Waals surface area (Å²) in [7, 11) is 0. The van der Waals surface area contributed by atoms with Crippen LogP contribution in [-0.2, 0) is 9.47 Å². The largest absolute Gasteiger partial charge is 0.390 e. The maximum absolute atomic E-state index is 10.9. The molecule has 70 heavy (non-hydrogen) atoms. The van der Waals surface area contributed by atoms with Gasteiger partial charge in [-0.15, -0.1) is 45.3 Å². The Morgan fingerprint density at radius 2 is 1.23 bits per heavy atom. The molecule has 1 aliphatic heterocycles. The van der Waals surface area contributed by atoms with Crippen molar-refractivity contribution in [2.24, 2.45) is 5.92 Å². The van der Waals surface area contributed by atoms with E-state index in [1.165, 1.54) is 35.9 Å². The topological polar surface area (TPSA) is 224 Å². The van der Waals surface area contributed by atoms with Crippen molar-refractivity contribution in [3.05, 3.63) is 80.5 Å². The molecule has 364 valence electrons. The highest BCUT2D eigenvalue weighted by Crippen LogP contribution is 2.49. The summed E-state index contributed by atoms with van der Waals surface area (Å²) in [6.45, 7) is 12.7. The fourth-order valence-corrected chi connectivity index (χ4v) is 13.9. The molecular weight excluding hydrogens is 983 g/mol. The van der Waals surface area contributed by atoms with Crippen LogP contribution >= 0.6 is 57.1 Å². The van der Waals surface area contributed by atoms with Crippen LogP contribution in [0.5, 0.6) is 0 Å². The van der Waals surface area contributed by atoms with Crippen molar-refractivity contribution in [1.82, 2.24) is 49.8 Å². The van der Waals surface area contributed by atoms with E-state index in [0.717, 1.165) is 98.3 Å². The van der Waals surface area contributed by atoms with Gasteiger partial charge in [0.2, 0.25) is 5.95 Å². The van der Waals surface area contributed by atoms with Crippen molar-refractivity contribution in [3.63, 3.8) is 0 Å². The number of thioether (sulfide) groups is 1. The standard InChI is InChI=1S/C24H27N7O2S2.C24H26N6O2S3/c1-11-17(23-30-18-12(2)25-6-5-16(18)35-23)21(31-24(28-11)27-10-13-3-4-13)29-15-9-14(19(32)20(15)33)22-26-7-8-34-22;1-11-16(22-29-17-12(2)25-7-6-15(17)35-22)20(30-23(27-11)33-5)28-14-10-13(21-26-8-9-34-21)18-19(14)32-24(3,4)31-18/h5-8,13-15,19-20,32-33H,3-4,9-10H2,1-2H3,(H2,27,28,29,31);6-9,13-14,18-19H,10H2,1-5H3,(H,27,28,30)/t14-,15+,19+,20-;13-,14+,18+,19-/m00/s1. The predicted octanol–water partition coefficient (Wildman–Crippen LogP) is 9.16. The number of thiazole rings is 4. The molecule has 3 saturated carbocycles. The smallest absolute Gasteiger partial charge is 0.224 e. The summed E-state index contributed by atoms with van der Waals surface area (Å²) in [4.78, 5) is 46.8. The third-order valence-corrected chi connectivity index (χ3v) is 17.8. The molecule has 9 heterocycles. The number of aryl methyl sites for hydroxylation is 4. The minimum Gasteiger partial charge on any atom is -0.390 e. The highest BCUT2D eigenvalue weighted by molar-refractivity contribution is 7.98. The van der Waals surface area contributed by atoms with Crippen LogP contribution in [-0.4, -0.2) is 115 Å².